The Morgan fingerprint density at radius 3 is 2.83 bits per heavy atom. The van der Waals surface area contributed by atoms with E-state index in [0.29, 0.717) is 13.1 Å². The summed E-state index contributed by atoms with van der Waals surface area (Å²) in [6, 6.07) is -0.0377. The van der Waals surface area contributed by atoms with E-state index in [9.17, 15) is 4.79 Å². The Kier molecular flexibility index (Phi) is 6.43. The third-order valence-electron chi connectivity index (χ3n) is 3.97. The van der Waals surface area contributed by atoms with Crippen LogP contribution in [-0.2, 0) is 4.74 Å². The molecule has 1 unspecified atom stereocenters. The fourth-order valence-electron chi connectivity index (χ4n) is 2.83. The lowest BCUT2D eigenvalue weighted by Crippen LogP contribution is -2.48. The fourth-order valence-corrected chi connectivity index (χ4v) is 3.13. The summed E-state index contributed by atoms with van der Waals surface area (Å²) in [5, 5.41) is 3.39. The van der Waals surface area contributed by atoms with E-state index in [1.165, 1.54) is 5.57 Å². The number of carbonyl (C=O) groups is 1. The van der Waals surface area contributed by atoms with Crippen LogP contribution in [0.15, 0.2) is 21.8 Å². The molecular formula is C17H27BrN4O2. The maximum absolute atomic E-state index is 12.4. The molecule has 0 aromatic carbocycles. The minimum absolute atomic E-state index is 0.0377. The Bertz CT molecular complexity index is 563. The molecular weight excluding hydrogens is 372 g/mol. The number of nitrogens with zero attached hydrogens (tertiary/aromatic N) is 3. The van der Waals surface area contributed by atoms with E-state index >= 15 is 0 Å². The smallest absolute Gasteiger partial charge is 0.410 e. The third-order valence-corrected chi connectivity index (χ3v) is 4.57. The van der Waals surface area contributed by atoms with Gasteiger partial charge in [0.15, 0.2) is 0 Å². The average Bonchev–Trinajstić information content (AvgIpc) is 2.98. The van der Waals surface area contributed by atoms with Gasteiger partial charge in [-0.15, -0.1) is 0 Å². The van der Waals surface area contributed by atoms with Gasteiger partial charge in [0.1, 0.15) is 11.4 Å². The highest BCUT2D eigenvalue weighted by Gasteiger charge is 2.35. The highest BCUT2D eigenvalue weighted by atomic mass is 79.9. The topological polar surface area (TPSA) is 66.3 Å². The van der Waals surface area contributed by atoms with Crippen LogP contribution in [0.5, 0.6) is 0 Å². The number of halogens is 1. The second kappa shape index (κ2) is 8.14. The monoisotopic (exact) mass is 398 g/mol. The van der Waals surface area contributed by atoms with Crippen LogP contribution >= 0.6 is 15.9 Å². The number of nitrogens with one attached hydrogen (secondary N) is 1. The van der Waals surface area contributed by atoms with Gasteiger partial charge in [-0.3, -0.25) is 14.9 Å². The number of hydrogen-bond acceptors (Lipinski definition) is 4. The normalized spacial score (nSPS) is 22.1. The molecule has 7 heteroatoms. The Balaban J connectivity index is 1.97. The zero-order valence-electron chi connectivity index (χ0n) is 14.9. The van der Waals surface area contributed by atoms with Crippen molar-refractivity contribution in [2.24, 2.45) is 9.98 Å². The van der Waals surface area contributed by atoms with Crippen molar-refractivity contribution in [1.29, 1.82) is 0 Å². The molecule has 0 aliphatic carbocycles. The molecule has 134 valence electrons. The van der Waals surface area contributed by atoms with Crippen LogP contribution < -0.4 is 5.32 Å². The Hall–Kier alpha value is -1.37. The molecule has 2 aliphatic heterocycles. The summed E-state index contributed by atoms with van der Waals surface area (Å²) in [6.45, 7) is 7.07. The van der Waals surface area contributed by atoms with Crippen LogP contribution in [0, 0.1) is 0 Å². The molecule has 0 radical (unpaired) electrons. The molecule has 0 aromatic rings. The highest BCUT2D eigenvalue weighted by Crippen LogP contribution is 2.22. The average molecular weight is 399 g/mol. The first kappa shape index (κ1) is 19.0. The number of carbonyl (C=O) groups excluding carboxylic acids is 1. The Morgan fingerprint density at radius 2 is 2.25 bits per heavy atom. The van der Waals surface area contributed by atoms with Crippen LogP contribution in [0.3, 0.4) is 0 Å². The van der Waals surface area contributed by atoms with Gasteiger partial charge in [-0.2, -0.15) is 0 Å². The first-order chi connectivity index (χ1) is 11.3. The van der Waals surface area contributed by atoms with Gasteiger partial charge in [0.2, 0.25) is 0 Å². The molecule has 1 atom stereocenters. The maximum Gasteiger partial charge on any atom is 0.410 e. The van der Waals surface area contributed by atoms with Crippen molar-refractivity contribution in [3.8, 4) is 0 Å². The summed E-state index contributed by atoms with van der Waals surface area (Å²) >= 11 is 3.41. The first-order valence-corrected chi connectivity index (χ1v) is 9.19. The van der Waals surface area contributed by atoms with E-state index in [2.05, 4.69) is 31.2 Å². The van der Waals surface area contributed by atoms with Crippen molar-refractivity contribution in [1.82, 2.24) is 10.2 Å². The van der Waals surface area contributed by atoms with Gasteiger partial charge in [0.25, 0.3) is 0 Å². The van der Waals surface area contributed by atoms with Crippen LogP contribution in [-0.4, -0.2) is 53.2 Å². The Labute approximate surface area is 152 Å². The summed E-state index contributed by atoms with van der Waals surface area (Å²) in [7, 11) is 1.76. The number of ether oxygens (including phenoxy) is 1. The van der Waals surface area contributed by atoms with Crippen LogP contribution in [0.1, 0.15) is 46.5 Å². The number of rotatable bonds is 3. The minimum Gasteiger partial charge on any atom is -0.444 e. The zero-order valence-corrected chi connectivity index (χ0v) is 16.5. The van der Waals surface area contributed by atoms with Crippen molar-refractivity contribution in [2.45, 2.75) is 58.1 Å². The summed E-state index contributed by atoms with van der Waals surface area (Å²) in [5.74, 6) is 0.841. The number of likely N-dealkylation sites (tertiary alicyclic amines) is 1. The summed E-state index contributed by atoms with van der Waals surface area (Å²) in [4.78, 5) is 22.9. The highest BCUT2D eigenvalue weighted by molar-refractivity contribution is 9.18. The second-order valence-electron chi connectivity index (χ2n) is 7.09. The van der Waals surface area contributed by atoms with E-state index in [0.717, 1.165) is 36.1 Å². The van der Waals surface area contributed by atoms with E-state index in [4.69, 9.17) is 4.74 Å². The first-order valence-electron chi connectivity index (χ1n) is 8.40. The summed E-state index contributed by atoms with van der Waals surface area (Å²) in [6.07, 6.45) is 5.41. The van der Waals surface area contributed by atoms with Crippen LogP contribution in [0.25, 0.3) is 0 Å². The van der Waals surface area contributed by atoms with Crippen molar-refractivity contribution >= 4 is 32.5 Å². The quantitative estimate of drug-likeness (QED) is 0.584. The largest absolute Gasteiger partial charge is 0.444 e. The van der Waals surface area contributed by atoms with E-state index in [-0.39, 0.29) is 12.1 Å². The molecule has 0 spiro atoms. The molecule has 0 bridgehead atoms. The molecule has 2 aliphatic rings. The Morgan fingerprint density at radius 1 is 1.50 bits per heavy atom. The lowest BCUT2D eigenvalue weighted by atomic mass is 10.1. The van der Waals surface area contributed by atoms with E-state index in [1.807, 2.05) is 27.0 Å². The van der Waals surface area contributed by atoms with Gasteiger partial charge in [0.05, 0.1) is 10.7 Å². The molecule has 6 nitrogen and oxygen atoms in total. The van der Waals surface area contributed by atoms with Gasteiger partial charge in [-0.25, -0.2) is 4.79 Å². The molecule has 1 amide bonds. The SMILES string of the molecule is CN=C(NCC1=CN=C(Br)CC1)C1CCCN1C(=O)OC(C)(C)C. The number of amides is 1. The number of hydrogen-bond donors (Lipinski definition) is 1. The lowest BCUT2D eigenvalue weighted by Gasteiger charge is -2.29. The maximum atomic E-state index is 12.4. The fraction of sp³-hybridized carbons (Fsp3) is 0.706. The van der Waals surface area contributed by atoms with Gasteiger partial charge in [0, 0.05) is 32.8 Å². The van der Waals surface area contributed by atoms with Crippen LogP contribution in [0.2, 0.25) is 0 Å². The molecule has 0 aromatic heterocycles. The predicted octanol–water partition coefficient (Wildman–Crippen LogP) is 3.47. The van der Waals surface area contributed by atoms with E-state index in [1.54, 1.807) is 11.9 Å². The van der Waals surface area contributed by atoms with Crippen molar-refractivity contribution < 1.29 is 9.53 Å². The number of aliphatic imine (C=N–C) groups is 2. The molecule has 2 heterocycles. The van der Waals surface area contributed by atoms with Gasteiger partial charge in [-0.05, 0) is 61.5 Å². The van der Waals surface area contributed by atoms with Crippen molar-refractivity contribution in [2.75, 3.05) is 20.1 Å². The van der Waals surface area contributed by atoms with E-state index < -0.39 is 5.60 Å². The molecule has 1 fully saturated rings. The molecule has 24 heavy (non-hydrogen) atoms. The van der Waals surface area contributed by atoms with Crippen molar-refractivity contribution in [3.63, 3.8) is 0 Å². The summed E-state index contributed by atoms with van der Waals surface area (Å²) < 4.78 is 6.51. The van der Waals surface area contributed by atoms with Crippen LogP contribution in [0.4, 0.5) is 4.79 Å². The third kappa shape index (κ3) is 5.33. The second-order valence-corrected chi connectivity index (χ2v) is 8.00. The summed E-state index contributed by atoms with van der Waals surface area (Å²) in [5.41, 5.74) is 0.751. The van der Waals surface area contributed by atoms with Crippen molar-refractivity contribution in [3.05, 3.63) is 11.8 Å². The molecule has 1 saturated heterocycles. The molecule has 0 saturated carbocycles. The zero-order chi connectivity index (χ0) is 17.7. The number of amidine groups is 1. The molecule has 2 rings (SSSR count). The molecule has 1 N–H and O–H groups in total. The lowest BCUT2D eigenvalue weighted by molar-refractivity contribution is 0.0264. The van der Waals surface area contributed by atoms with Gasteiger partial charge in [-0.1, -0.05) is 0 Å². The van der Waals surface area contributed by atoms with Gasteiger partial charge >= 0.3 is 6.09 Å². The van der Waals surface area contributed by atoms with Gasteiger partial charge < -0.3 is 10.1 Å². The predicted molar refractivity (Wildman–Crippen MR) is 101 cm³/mol. The minimum atomic E-state index is -0.487. The standard InChI is InChI=1S/C17H27BrN4O2/c1-17(2,3)24-16(23)22-9-5-6-13(22)15(19-4)21-11-12-7-8-14(18)20-10-12/h10,13H,5-9,11H2,1-4H3,(H,19,21).